The van der Waals surface area contributed by atoms with E-state index < -0.39 is 19.0 Å². The minimum atomic E-state index is -3.85. The second-order valence-electron chi connectivity index (χ2n) is 3.74. The molecule has 0 radical (unpaired) electrons. The first-order chi connectivity index (χ1) is 9.15. The van der Waals surface area contributed by atoms with Crippen LogP contribution >= 0.6 is 7.52 Å². The number of azide groups is 1. The maximum absolute atomic E-state index is 12.6. The van der Waals surface area contributed by atoms with E-state index >= 15 is 0 Å². The third-order valence-electron chi connectivity index (χ3n) is 2.45. The zero-order chi connectivity index (χ0) is 13.7. The number of hydrogen-bond donors (Lipinski definition) is 0. The smallest absolute Gasteiger partial charge is 0.349 e. The average Bonchev–Trinajstić information content (AvgIpc) is 2.40. The van der Waals surface area contributed by atoms with Crippen molar-refractivity contribution in [3.05, 3.63) is 65.1 Å². The highest BCUT2D eigenvalue weighted by atomic mass is 31.2. The van der Waals surface area contributed by atoms with Gasteiger partial charge in [-0.3, -0.25) is 9.36 Å². The molecule has 0 N–H and O–H groups in total. The lowest BCUT2D eigenvalue weighted by atomic mass is 10.2. The highest BCUT2D eigenvalue weighted by Crippen LogP contribution is 2.54. The van der Waals surface area contributed by atoms with Crippen LogP contribution in [0.1, 0.15) is 0 Å². The summed E-state index contributed by atoms with van der Waals surface area (Å²) in [7, 11) is -3.85. The van der Waals surface area contributed by atoms with Crippen molar-refractivity contribution in [2.75, 3.05) is 0 Å². The van der Waals surface area contributed by atoms with Gasteiger partial charge in [0.1, 0.15) is 11.4 Å². The molecule has 0 bridgehead atoms. The first-order valence-corrected chi connectivity index (χ1v) is 7.10. The van der Waals surface area contributed by atoms with E-state index in [0.29, 0.717) is 0 Å². The maximum Gasteiger partial charge on any atom is 0.349 e. The van der Waals surface area contributed by atoms with Crippen LogP contribution in [0.4, 0.5) is 0 Å². The van der Waals surface area contributed by atoms with Crippen molar-refractivity contribution in [3.63, 3.8) is 0 Å². The van der Waals surface area contributed by atoms with Crippen molar-refractivity contribution < 1.29 is 13.9 Å². The minimum absolute atomic E-state index is 0.286. The fourth-order valence-corrected chi connectivity index (χ4v) is 3.12. The number of benzene rings is 1. The van der Waals surface area contributed by atoms with Crippen LogP contribution in [0.2, 0.25) is 0 Å². The molecule has 0 fully saturated rings. The fraction of sp³-hybridized carbons (Fsp3) is 0.0833. The molecule has 1 aromatic rings. The summed E-state index contributed by atoms with van der Waals surface area (Å²) in [6.07, 6.45) is 5.79. The number of hydrogen-bond acceptors (Lipinski definition) is 3. The molecule has 2 unspecified atom stereocenters. The molecule has 0 amide bonds. The average molecular weight is 275 g/mol. The zero-order valence-corrected chi connectivity index (χ0v) is 10.7. The van der Waals surface area contributed by atoms with Gasteiger partial charge in [-0.15, -0.1) is 0 Å². The summed E-state index contributed by atoms with van der Waals surface area (Å²) < 4.78 is 17.9. The largest absolute Gasteiger partial charge is 0.438 e. The number of carbonyl (C=O) groups is 1. The summed E-state index contributed by atoms with van der Waals surface area (Å²) >= 11 is 0. The molecule has 7 heteroatoms. The number of nitrogens with zero attached hydrogens (tertiary/aromatic N) is 3. The summed E-state index contributed by atoms with van der Waals surface area (Å²) in [5, 5.41) is 0. The van der Waals surface area contributed by atoms with Crippen LogP contribution in [-0.4, -0.2) is 11.4 Å². The Labute approximate surface area is 109 Å². The normalized spacial score (nSPS) is 20.4. The van der Waals surface area contributed by atoms with Gasteiger partial charge >= 0.3 is 7.52 Å². The predicted molar refractivity (Wildman–Crippen MR) is 70.9 cm³/mol. The van der Waals surface area contributed by atoms with Crippen LogP contribution in [0.15, 0.2) is 59.5 Å². The lowest BCUT2D eigenvalue weighted by Crippen LogP contribution is -2.20. The summed E-state index contributed by atoms with van der Waals surface area (Å²) in [5.74, 6) is -0.122. The summed E-state index contributed by atoms with van der Waals surface area (Å²) in [6, 6.07) is 8.29. The van der Waals surface area contributed by atoms with Crippen LogP contribution in [0.3, 0.4) is 0 Å². The Morgan fingerprint density at radius 3 is 2.63 bits per heavy atom. The van der Waals surface area contributed by atoms with E-state index in [1.165, 1.54) is 18.2 Å². The Morgan fingerprint density at radius 2 is 2.00 bits per heavy atom. The Balaban J connectivity index is 2.36. The van der Waals surface area contributed by atoms with Crippen LogP contribution < -0.4 is 4.52 Å². The van der Waals surface area contributed by atoms with E-state index in [4.69, 9.17) is 10.1 Å². The molecule has 0 heterocycles. The van der Waals surface area contributed by atoms with E-state index in [0.717, 1.165) is 0 Å². The first kappa shape index (κ1) is 13.1. The van der Waals surface area contributed by atoms with E-state index in [1.54, 1.807) is 36.4 Å². The van der Waals surface area contributed by atoms with E-state index in [1.807, 2.05) is 0 Å². The third kappa shape index (κ3) is 2.94. The van der Waals surface area contributed by atoms with Gasteiger partial charge in [0.15, 0.2) is 5.78 Å². The van der Waals surface area contributed by atoms with Gasteiger partial charge in [-0.1, -0.05) is 36.4 Å². The topological polar surface area (TPSA) is 92.1 Å². The molecule has 0 aliphatic heterocycles. The maximum atomic E-state index is 12.6. The summed E-state index contributed by atoms with van der Waals surface area (Å²) in [6.45, 7) is 0. The molecule has 19 heavy (non-hydrogen) atoms. The van der Waals surface area contributed by atoms with Crippen molar-refractivity contribution in [2.45, 2.75) is 5.66 Å². The van der Waals surface area contributed by atoms with Crippen molar-refractivity contribution in [1.29, 1.82) is 0 Å². The molecule has 2 atom stereocenters. The first-order valence-electron chi connectivity index (χ1n) is 5.45. The Morgan fingerprint density at radius 1 is 1.26 bits per heavy atom. The zero-order valence-electron chi connectivity index (χ0n) is 9.79. The van der Waals surface area contributed by atoms with Crippen molar-refractivity contribution in [1.82, 2.24) is 0 Å². The Hall–Kier alpha value is -2.29. The lowest BCUT2D eigenvalue weighted by molar-refractivity contribution is -0.113. The molecule has 0 saturated carbocycles. The Bertz CT molecular complexity index is 633. The van der Waals surface area contributed by atoms with Gasteiger partial charge in [0.2, 0.25) is 0 Å². The third-order valence-corrected chi connectivity index (χ3v) is 4.38. The molecular weight excluding hydrogens is 265 g/mol. The van der Waals surface area contributed by atoms with Gasteiger partial charge in [-0.05, 0) is 23.7 Å². The van der Waals surface area contributed by atoms with Crippen molar-refractivity contribution in [3.8, 4) is 5.75 Å². The molecule has 0 saturated heterocycles. The van der Waals surface area contributed by atoms with Gasteiger partial charge in [-0.2, -0.15) is 0 Å². The standard InChI is InChI=1S/C12H10N3O3P/c13-14-15-19(17,12-9-5-4-8-11(12)16)18-10-6-2-1-3-7-10/h1-9,12H. The predicted octanol–water partition coefficient (Wildman–Crippen LogP) is 3.63. The molecule has 6 nitrogen and oxygen atoms in total. The highest BCUT2D eigenvalue weighted by molar-refractivity contribution is 7.60. The van der Waals surface area contributed by atoms with Gasteiger partial charge in [0.05, 0.1) is 0 Å². The van der Waals surface area contributed by atoms with Gasteiger partial charge in [0.25, 0.3) is 0 Å². The van der Waals surface area contributed by atoms with Gasteiger partial charge in [0, 0.05) is 9.80 Å². The summed E-state index contributed by atoms with van der Waals surface area (Å²) in [5.41, 5.74) is 7.47. The number of rotatable bonds is 4. The quantitative estimate of drug-likeness (QED) is 0.363. The molecule has 96 valence electrons. The second kappa shape index (κ2) is 5.57. The molecule has 1 aromatic carbocycles. The molecular formula is C12H10N3O3P. The van der Waals surface area contributed by atoms with E-state index in [9.17, 15) is 9.36 Å². The van der Waals surface area contributed by atoms with Crippen LogP contribution in [0, 0.1) is 0 Å². The molecule has 1 aliphatic rings. The minimum Gasteiger partial charge on any atom is -0.438 e. The molecule has 1 aliphatic carbocycles. The number of ketones is 1. The van der Waals surface area contributed by atoms with Crippen molar-refractivity contribution in [2.24, 2.45) is 4.88 Å². The molecule has 0 aromatic heterocycles. The van der Waals surface area contributed by atoms with E-state index in [2.05, 4.69) is 9.80 Å². The van der Waals surface area contributed by atoms with Gasteiger partial charge in [-0.25, -0.2) is 0 Å². The monoisotopic (exact) mass is 275 g/mol. The molecule has 0 spiro atoms. The fourth-order valence-electron chi connectivity index (χ4n) is 1.60. The second-order valence-corrected chi connectivity index (χ2v) is 5.78. The highest BCUT2D eigenvalue weighted by Gasteiger charge is 2.38. The molecule has 2 rings (SSSR count). The Kier molecular flexibility index (Phi) is 3.85. The van der Waals surface area contributed by atoms with Crippen molar-refractivity contribution >= 4 is 13.3 Å². The van der Waals surface area contributed by atoms with Crippen LogP contribution in [0.25, 0.3) is 10.4 Å². The SMILES string of the molecule is [N-]=[N+]=NP(=O)(Oc1ccccc1)C1C=CC=CC1=O. The lowest BCUT2D eigenvalue weighted by Gasteiger charge is -2.20. The number of carbonyl (C=O) groups excluding carboxylic acids is 1. The van der Waals surface area contributed by atoms with Crippen LogP contribution in [0.5, 0.6) is 5.75 Å². The van der Waals surface area contributed by atoms with E-state index in [-0.39, 0.29) is 5.75 Å². The van der Waals surface area contributed by atoms with Gasteiger partial charge < -0.3 is 4.52 Å². The number of para-hydroxylation sites is 1. The summed E-state index contributed by atoms with van der Waals surface area (Å²) in [4.78, 5) is 17.5. The number of allylic oxidation sites excluding steroid dienone is 4. The van der Waals surface area contributed by atoms with Crippen LogP contribution in [-0.2, 0) is 9.36 Å².